The van der Waals surface area contributed by atoms with Gasteiger partial charge in [-0.2, -0.15) is 0 Å². The number of hydrogen-bond acceptors (Lipinski definition) is 2. The van der Waals surface area contributed by atoms with Gasteiger partial charge in [-0.05, 0) is 37.3 Å². The summed E-state index contributed by atoms with van der Waals surface area (Å²) in [5.41, 5.74) is 6.71. The van der Waals surface area contributed by atoms with E-state index in [-0.39, 0.29) is 6.03 Å². The Morgan fingerprint density at radius 2 is 1.95 bits per heavy atom. The Hall–Kier alpha value is -1.55. The molecule has 0 saturated carbocycles. The van der Waals surface area contributed by atoms with E-state index in [1.165, 1.54) is 0 Å². The van der Waals surface area contributed by atoms with Crippen molar-refractivity contribution in [2.75, 3.05) is 19.6 Å². The number of nitrogens with zero attached hydrogens (tertiary/aromatic N) is 1. The Morgan fingerprint density at radius 1 is 1.26 bits per heavy atom. The van der Waals surface area contributed by atoms with Crippen LogP contribution in [0.2, 0.25) is 0 Å². The summed E-state index contributed by atoms with van der Waals surface area (Å²) in [6.45, 7) is 3.06. The lowest BCUT2D eigenvalue weighted by atomic mass is 9.94. The molecular formula is C15H23N3O. The number of carbonyl (C=O) groups is 1. The molecule has 0 aliphatic carbocycles. The summed E-state index contributed by atoms with van der Waals surface area (Å²) >= 11 is 0. The first-order chi connectivity index (χ1) is 9.29. The van der Waals surface area contributed by atoms with Crippen LogP contribution in [-0.4, -0.2) is 30.6 Å². The van der Waals surface area contributed by atoms with E-state index in [0.29, 0.717) is 12.5 Å². The van der Waals surface area contributed by atoms with Crippen LogP contribution in [0, 0.1) is 5.92 Å². The van der Waals surface area contributed by atoms with Crippen LogP contribution in [0.5, 0.6) is 0 Å². The Labute approximate surface area is 115 Å². The first-order valence-electron chi connectivity index (χ1n) is 7.06. The Morgan fingerprint density at radius 3 is 2.58 bits per heavy atom. The molecule has 2 rings (SSSR count). The predicted octanol–water partition coefficient (Wildman–Crippen LogP) is 1.96. The van der Waals surface area contributed by atoms with E-state index in [1.54, 1.807) is 0 Å². The third kappa shape index (κ3) is 4.24. The van der Waals surface area contributed by atoms with E-state index in [2.05, 4.69) is 5.32 Å². The number of nitrogens with two attached hydrogens (primary N) is 1. The van der Waals surface area contributed by atoms with Gasteiger partial charge in [-0.1, -0.05) is 30.3 Å². The largest absolute Gasteiger partial charge is 0.334 e. The maximum Gasteiger partial charge on any atom is 0.317 e. The van der Waals surface area contributed by atoms with Crippen molar-refractivity contribution in [3.8, 4) is 0 Å². The molecule has 4 heteroatoms. The zero-order chi connectivity index (χ0) is 13.5. The molecule has 3 N–H and O–H groups in total. The van der Waals surface area contributed by atoms with Gasteiger partial charge in [0.15, 0.2) is 0 Å². The van der Waals surface area contributed by atoms with Gasteiger partial charge in [0.05, 0.1) is 0 Å². The Balaban J connectivity index is 1.73. The van der Waals surface area contributed by atoms with Crippen LogP contribution < -0.4 is 11.1 Å². The van der Waals surface area contributed by atoms with Crippen molar-refractivity contribution in [3.63, 3.8) is 0 Å². The van der Waals surface area contributed by atoms with E-state index >= 15 is 0 Å². The van der Waals surface area contributed by atoms with Gasteiger partial charge < -0.3 is 16.0 Å². The number of amides is 2. The van der Waals surface area contributed by atoms with Crippen LogP contribution in [0.3, 0.4) is 0 Å². The molecule has 1 saturated heterocycles. The van der Waals surface area contributed by atoms with E-state index in [1.807, 2.05) is 35.2 Å². The van der Waals surface area contributed by atoms with Gasteiger partial charge in [0.1, 0.15) is 0 Å². The number of likely N-dealkylation sites (tertiary alicyclic amines) is 1. The fraction of sp³-hybridized carbons (Fsp3) is 0.533. The SMILES string of the molecule is NCCC1CCN(C(=O)NCc2ccccc2)CC1. The highest BCUT2D eigenvalue weighted by molar-refractivity contribution is 5.74. The number of hydrogen-bond donors (Lipinski definition) is 2. The summed E-state index contributed by atoms with van der Waals surface area (Å²) < 4.78 is 0. The van der Waals surface area contributed by atoms with Crippen molar-refractivity contribution in [2.45, 2.75) is 25.8 Å². The maximum atomic E-state index is 12.0. The summed E-state index contributed by atoms with van der Waals surface area (Å²) in [6.07, 6.45) is 3.24. The second-order valence-corrected chi connectivity index (χ2v) is 5.15. The molecule has 1 heterocycles. The lowest BCUT2D eigenvalue weighted by Gasteiger charge is -2.31. The molecule has 0 spiro atoms. The normalized spacial score (nSPS) is 16.4. The molecule has 1 aliphatic heterocycles. The number of carbonyl (C=O) groups excluding carboxylic acids is 1. The molecule has 0 aromatic heterocycles. The van der Waals surface area contributed by atoms with E-state index in [9.17, 15) is 4.79 Å². The standard InChI is InChI=1S/C15H23N3O/c16-9-6-13-7-10-18(11-8-13)15(19)17-12-14-4-2-1-3-5-14/h1-5,13H,6-12,16H2,(H,17,19). The van der Waals surface area contributed by atoms with Gasteiger partial charge in [-0.25, -0.2) is 4.79 Å². The van der Waals surface area contributed by atoms with E-state index in [4.69, 9.17) is 5.73 Å². The molecule has 2 amide bonds. The van der Waals surface area contributed by atoms with Crippen LogP contribution >= 0.6 is 0 Å². The van der Waals surface area contributed by atoms with Crippen molar-refractivity contribution < 1.29 is 4.79 Å². The van der Waals surface area contributed by atoms with Crippen molar-refractivity contribution in [1.82, 2.24) is 10.2 Å². The molecule has 4 nitrogen and oxygen atoms in total. The van der Waals surface area contributed by atoms with Crippen LogP contribution in [0.15, 0.2) is 30.3 Å². The molecule has 104 valence electrons. The summed E-state index contributed by atoms with van der Waals surface area (Å²) in [7, 11) is 0. The van der Waals surface area contributed by atoms with Crippen molar-refractivity contribution in [1.29, 1.82) is 0 Å². The van der Waals surface area contributed by atoms with E-state index in [0.717, 1.165) is 44.5 Å². The van der Waals surface area contributed by atoms with Crippen molar-refractivity contribution >= 4 is 6.03 Å². The summed E-state index contributed by atoms with van der Waals surface area (Å²) in [6, 6.07) is 10.0. The number of urea groups is 1. The van der Waals surface area contributed by atoms with Crippen LogP contribution in [0.4, 0.5) is 4.79 Å². The molecule has 0 atom stereocenters. The zero-order valence-corrected chi connectivity index (χ0v) is 11.3. The van der Waals surface area contributed by atoms with Gasteiger partial charge in [0, 0.05) is 19.6 Å². The lowest BCUT2D eigenvalue weighted by molar-refractivity contribution is 0.168. The Bertz CT molecular complexity index is 386. The average molecular weight is 261 g/mol. The van der Waals surface area contributed by atoms with E-state index < -0.39 is 0 Å². The minimum absolute atomic E-state index is 0.0510. The third-order valence-electron chi connectivity index (χ3n) is 3.76. The highest BCUT2D eigenvalue weighted by atomic mass is 16.2. The number of benzene rings is 1. The lowest BCUT2D eigenvalue weighted by Crippen LogP contribution is -2.44. The van der Waals surface area contributed by atoms with Gasteiger partial charge in [-0.15, -0.1) is 0 Å². The zero-order valence-electron chi connectivity index (χ0n) is 11.3. The van der Waals surface area contributed by atoms with Crippen molar-refractivity contribution in [2.24, 2.45) is 11.7 Å². The molecule has 0 radical (unpaired) electrons. The molecule has 1 fully saturated rings. The topological polar surface area (TPSA) is 58.4 Å². The second kappa shape index (κ2) is 7.14. The average Bonchev–Trinajstić information content (AvgIpc) is 2.47. The fourth-order valence-corrected chi connectivity index (χ4v) is 2.55. The minimum Gasteiger partial charge on any atom is -0.334 e. The molecule has 1 aromatic rings. The Kier molecular flexibility index (Phi) is 5.21. The van der Waals surface area contributed by atoms with Gasteiger partial charge >= 0.3 is 6.03 Å². The van der Waals surface area contributed by atoms with Crippen LogP contribution in [0.1, 0.15) is 24.8 Å². The van der Waals surface area contributed by atoms with Gasteiger partial charge in [0.2, 0.25) is 0 Å². The highest BCUT2D eigenvalue weighted by Gasteiger charge is 2.21. The smallest absolute Gasteiger partial charge is 0.317 e. The minimum atomic E-state index is 0.0510. The van der Waals surface area contributed by atoms with Gasteiger partial charge in [-0.3, -0.25) is 0 Å². The van der Waals surface area contributed by atoms with Crippen molar-refractivity contribution in [3.05, 3.63) is 35.9 Å². The molecule has 19 heavy (non-hydrogen) atoms. The third-order valence-corrected chi connectivity index (χ3v) is 3.76. The summed E-state index contributed by atoms with van der Waals surface area (Å²) in [5, 5.41) is 2.98. The number of piperidine rings is 1. The van der Waals surface area contributed by atoms with Crippen LogP contribution in [-0.2, 0) is 6.54 Å². The molecule has 0 unspecified atom stereocenters. The monoisotopic (exact) mass is 261 g/mol. The second-order valence-electron chi connectivity index (χ2n) is 5.15. The quantitative estimate of drug-likeness (QED) is 0.870. The highest BCUT2D eigenvalue weighted by Crippen LogP contribution is 2.19. The summed E-state index contributed by atoms with van der Waals surface area (Å²) in [5.74, 6) is 0.697. The number of rotatable bonds is 4. The first kappa shape index (κ1) is 13.9. The summed E-state index contributed by atoms with van der Waals surface area (Å²) in [4.78, 5) is 13.9. The maximum absolute atomic E-state index is 12.0. The molecule has 1 aromatic carbocycles. The van der Waals surface area contributed by atoms with Gasteiger partial charge in [0.25, 0.3) is 0 Å². The van der Waals surface area contributed by atoms with Crippen LogP contribution in [0.25, 0.3) is 0 Å². The fourth-order valence-electron chi connectivity index (χ4n) is 2.55. The molecule has 1 aliphatic rings. The molecule has 0 bridgehead atoms. The first-order valence-corrected chi connectivity index (χ1v) is 7.06. The predicted molar refractivity (Wildman–Crippen MR) is 76.6 cm³/mol. The number of nitrogens with one attached hydrogen (secondary N) is 1. The molecular weight excluding hydrogens is 238 g/mol.